The molecule has 2 heteroatoms. The molecule has 0 amide bonds. The van der Waals surface area contributed by atoms with E-state index in [2.05, 4.69) is 53.4 Å². The van der Waals surface area contributed by atoms with Gasteiger partial charge in [0.1, 0.15) is 0 Å². The van der Waals surface area contributed by atoms with Crippen molar-refractivity contribution in [1.82, 2.24) is 4.90 Å². The molecule has 0 aromatic rings. The summed E-state index contributed by atoms with van der Waals surface area (Å²) in [5.74, 6) is 1.48. The van der Waals surface area contributed by atoms with Gasteiger partial charge in [-0.05, 0) is 50.4 Å². The van der Waals surface area contributed by atoms with Gasteiger partial charge < -0.3 is 5.73 Å². The Balaban J connectivity index is 3.04. The summed E-state index contributed by atoms with van der Waals surface area (Å²) in [6.07, 6.45) is 3.84. The fraction of sp³-hybridized carbons (Fsp3) is 1.00. The molecule has 0 aliphatic heterocycles. The molecule has 1 fully saturated rings. The fourth-order valence-corrected chi connectivity index (χ4v) is 4.54. The van der Waals surface area contributed by atoms with Crippen LogP contribution in [0.25, 0.3) is 0 Å². The molecule has 0 spiro atoms. The Morgan fingerprint density at radius 1 is 1.16 bits per heavy atom. The molecular weight excluding hydrogens is 232 g/mol. The normalized spacial score (nSPS) is 31.4. The summed E-state index contributed by atoms with van der Waals surface area (Å²) in [4.78, 5) is 2.70. The molecule has 0 heterocycles. The van der Waals surface area contributed by atoms with Crippen molar-refractivity contribution in [3.8, 4) is 0 Å². The zero-order chi connectivity index (χ0) is 14.8. The van der Waals surface area contributed by atoms with E-state index in [4.69, 9.17) is 5.73 Å². The SMILES string of the molecule is CC(C)CN(C(C)C)C1(CN)CC(C)CC(C)(C)C1. The molecule has 2 atom stereocenters. The second-order valence-electron chi connectivity index (χ2n) is 8.42. The highest BCUT2D eigenvalue weighted by atomic mass is 15.2. The maximum Gasteiger partial charge on any atom is 0.0342 e. The second-order valence-corrected chi connectivity index (χ2v) is 8.42. The zero-order valence-corrected chi connectivity index (χ0v) is 14.3. The fourth-order valence-electron chi connectivity index (χ4n) is 4.54. The van der Waals surface area contributed by atoms with Crippen LogP contribution in [-0.4, -0.2) is 29.6 Å². The largest absolute Gasteiger partial charge is 0.329 e. The Morgan fingerprint density at radius 3 is 2.11 bits per heavy atom. The predicted molar refractivity (Wildman–Crippen MR) is 85.3 cm³/mol. The average Bonchev–Trinajstić information content (AvgIpc) is 2.22. The van der Waals surface area contributed by atoms with Gasteiger partial charge in [0.15, 0.2) is 0 Å². The first kappa shape index (κ1) is 17.0. The van der Waals surface area contributed by atoms with E-state index in [1.165, 1.54) is 19.3 Å². The van der Waals surface area contributed by atoms with Gasteiger partial charge in [-0.15, -0.1) is 0 Å². The van der Waals surface area contributed by atoms with Crippen molar-refractivity contribution in [1.29, 1.82) is 0 Å². The molecule has 1 aliphatic rings. The molecule has 0 saturated heterocycles. The summed E-state index contributed by atoms with van der Waals surface area (Å²) in [5, 5.41) is 0. The molecule has 2 N–H and O–H groups in total. The van der Waals surface area contributed by atoms with Crippen LogP contribution in [0, 0.1) is 17.3 Å². The summed E-state index contributed by atoms with van der Waals surface area (Å²) < 4.78 is 0. The number of nitrogens with two attached hydrogens (primary N) is 1. The Bertz CT molecular complexity index is 283. The average molecular weight is 268 g/mol. The summed E-state index contributed by atoms with van der Waals surface area (Å²) in [7, 11) is 0. The van der Waals surface area contributed by atoms with E-state index in [0.29, 0.717) is 17.4 Å². The second kappa shape index (κ2) is 6.13. The van der Waals surface area contributed by atoms with Crippen LogP contribution in [0.4, 0.5) is 0 Å². The number of nitrogens with zero attached hydrogens (tertiary/aromatic N) is 1. The smallest absolute Gasteiger partial charge is 0.0342 e. The van der Waals surface area contributed by atoms with Crippen molar-refractivity contribution in [3.05, 3.63) is 0 Å². The van der Waals surface area contributed by atoms with Crippen LogP contribution in [0.3, 0.4) is 0 Å². The van der Waals surface area contributed by atoms with Gasteiger partial charge in [0.2, 0.25) is 0 Å². The lowest BCUT2D eigenvalue weighted by atomic mass is 9.63. The third-order valence-corrected chi connectivity index (χ3v) is 4.61. The maximum atomic E-state index is 6.29. The van der Waals surface area contributed by atoms with Crippen molar-refractivity contribution in [2.45, 2.75) is 79.3 Å². The minimum Gasteiger partial charge on any atom is -0.329 e. The van der Waals surface area contributed by atoms with Gasteiger partial charge in [-0.2, -0.15) is 0 Å². The van der Waals surface area contributed by atoms with Crippen LogP contribution in [-0.2, 0) is 0 Å². The summed E-state index contributed by atoms with van der Waals surface area (Å²) in [5.41, 5.74) is 6.92. The van der Waals surface area contributed by atoms with Crippen LogP contribution < -0.4 is 5.73 Å². The third kappa shape index (κ3) is 4.19. The highest BCUT2D eigenvalue weighted by Crippen LogP contribution is 2.46. The van der Waals surface area contributed by atoms with Crippen molar-refractivity contribution in [2.75, 3.05) is 13.1 Å². The molecule has 0 aromatic heterocycles. The molecule has 114 valence electrons. The Kier molecular flexibility index (Phi) is 5.48. The standard InChI is InChI=1S/C17H36N2/c1-13(2)10-19(14(3)4)17(12-18)9-15(5)8-16(6,7)11-17/h13-15H,8-12,18H2,1-7H3. The number of hydrogen-bond donors (Lipinski definition) is 1. The van der Waals surface area contributed by atoms with E-state index in [1.807, 2.05) is 0 Å². The van der Waals surface area contributed by atoms with Gasteiger partial charge in [-0.3, -0.25) is 4.90 Å². The van der Waals surface area contributed by atoms with Crippen LogP contribution in [0.2, 0.25) is 0 Å². The first-order valence-corrected chi connectivity index (χ1v) is 8.09. The van der Waals surface area contributed by atoms with E-state index in [1.54, 1.807) is 0 Å². The van der Waals surface area contributed by atoms with E-state index in [-0.39, 0.29) is 5.54 Å². The molecule has 2 unspecified atom stereocenters. The molecular formula is C17H36N2. The van der Waals surface area contributed by atoms with Gasteiger partial charge >= 0.3 is 0 Å². The van der Waals surface area contributed by atoms with Gasteiger partial charge in [0, 0.05) is 24.7 Å². The quantitative estimate of drug-likeness (QED) is 0.819. The first-order chi connectivity index (χ1) is 8.62. The van der Waals surface area contributed by atoms with Crippen LogP contribution >= 0.6 is 0 Å². The summed E-state index contributed by atoms with van der Waals surface area (Å²) in [6.45, 7) is 18.5. The minimum atomic E-state index is 0.208. The molecule has 0 bridgehead atoms. The lowest BCUT2D eigenvalue weighted by Crippen LogP contribution is -2.61. The molecule has 19 heavy (non-hydrogen) atoms. The van der Waals surface area contributed by atoms with Gasteiger partial charge in [0.25, 0.3) is 0 Å². The molecule has 0 aromatic carbocycles. The monoisotopic (exact) mass is 268 g/mol. The van der Waals surface area contributed by atoms with E-state index in [9.17, 15) is 0 Å². The zero-order valence-electron chi connectivity index (χ0n) is 14.3. The Hall–Kier alpha value is -0.0800. The van der Waals surface area contributed by atoms with E-state index >= 15 is 0 Å². The predicted octanol–water partition coefficient (Wildman–Crippen LogP) is 3.90. The van der Waals surface area contributed by atoms with Crippen molar-refractivity contribution < 1.29 is 0 Å². The Morgan fingerprint density at radius 2 is 1.74 bits per heavy atom. The first-order valence-electron chi connectivity index (χ1n) is 8.09. The van der Waals surface area contributed by atoms with Crippen molar-refractivity contribution in [2.24, 2.45) is 23.0 Å². The third-order valence-electron chi connectivity index (χ3n) is 4.61. The topological polar surface area (TPSA) is 29.3 Å². The molecule has 1 aliphatic carbocycles. The maximum absolute atomic E-state index is 6.29. The lowest BCUT2D eigenvalue weighted by molar-refractivity contribution is -0.0348. The summed E-state index contributed by atoms with van der Waals surface area (Å²) in [6, 6.07) is 0.576. The van der Waals surface area contributed by atoms with Crippen LogP contribution in [0.1, 0.15) is 67.7 Å². The molecule has 0 radical (unpaired) electrons. The van der Waals surface area contributed by atoms with E-state index < -0.39 is 0 Å². The van der Waals surface area contributed by atoms with E-state index in [0.717, 1.165) is 19.0 Å². The molecule has 1 rings (SSSR count). The van der Waals surface area contributed by atoms with Crippen molar-refractivity contribution in [3.63, 3.8) is 0 Å². The molecule has 2 nitrogen and oxygen atoms in total. The van der Waals surface area contributed by atoms with Crippen molar-refractivity contribution >= 4 is 0 Å². The summed E-state index contributed by atoms with van der Waals surface area (Å²) >= 11 is 0. The minimum absolute atomic E-state index is 0.208. The van der Waals surface area contributed by atoms with Gasteiger partial charge in [-0.25, -0.2) is 0 Å². The van der Waals surface area contributed by atoms with Gasteiger partial charge in [-0.1, -0.05) is 34.6 Å². The number of hydrogen-bond acceptors (Lipinski definition) is 2. The Labute approximate surface area is 121 Å². The highest BCUT2D eigenvalue weighted by Gasteiger charge is 2.46. The lowest BCUT2D eigenvalue weighted by Gasteiger charge is -2.55. The number of rotatable bonds is 5. The van der Waals surface area contributed by atoms with Crippen LogP contribution in [0.15, 0.2) is 0 Å². The van der Waals surface area contributed by atoms with Gasteiger partial charge in [0.05, 0.1) is 0 Å². The van der Waals surface area contributed by atoms with Crippen LogP contribution in [0.5, 0.6) is 0 Å². The highest BCUT2D eigenvalue weighted by molar-refractivity contribution is 5.02. The molecule has 1 saturated carbocycles.